The Kier molecular flexibility index (Phi) is 3.59. The predicted octanol–water partition coefficient (Wildman–Crippen LogP) is 2.77. The molecule has 0 fully saturated rings. The Morgan fingerprint density at radius 1 is 1.22 bits per heavy atom. The van der Waals surface area contributed by atoms with Crippen LogP contribution in [0.4, 0.5) is 21.6 Å². The van der Waals surface area contributed by atoms with Gasteiger partial charge in [0.15, 0.2) is 11.6 Å². The summed E-state index contributed by atoms with van der Waals surface area (Å²) in [5.41, 5.74) is 3.16. The smallest absolute Gasteiger partial charge is 0.165 e. The number of anilines is 3. The molecule has 0 atom stereocenters. The summed E-state index contributed by atoms with van der Waals surface area (Å²) in [6.45, 7) is 0. The van der Waals surface area contributed by atoms with Crippen LogP contribution in [0.2, 0.25) is 0 Å². The second-order valence-electron chi connectivity index (χ2n) is 3.52. The number of rotatable bonds is 4. The van der Waals surface area contributed by atoms with E-state index in [1.807, 2.05) is 5.48 Å². The van der Waals surface area contributed by atoms with E-state index in [0.29, 0.717) is 17.2 Å². The predicted molar refractivity (Wildman–Crippen MR) is 65.9 cm³/mol. The SMILES string of the molecule is COc1cc(Nc2cc(NO)ccn2)ccc1F. The van der Waals surface area contributed by atoms with E-state index in [9.17, 15) is 4.39 Å². The molecule has 0 unspecified atom stereocenters. The third-order valence-corrected chi connectivity index (χ3v) is 2.31. The van der Waals surface area contributed by atoms with Crippen molar-refractivity contribution in [1.82, 2.24) is 4.98 Å². The molecule has 0 aliphatic rings. The van der Waals surface area contributed by atoms with Crippen molar-refractivity contribution < 1.29 is 14.3 Å². The molecule has 1 heterocycles. The van der Waals surface area contributed by atoms with E-state index < -0.39 is 5.82 Å². The average Bonchev–Trinajstić information content (AvgIpc) is 2.41. The van der Waals surface area contributed by atoms with Crippen LogP contribution in [-0.2, 0) is 0 Å². The molecule has 2 aromatic rings. The molecule has 5 nitrogen and oxygen atoms in total. The summed E-state index contributed by atoms with van der Waals surface area (Å²) in [6, 6.07) is 7.61. The number of methoxy groups -OCH3 is 1. The van der Waals surface area contributed by atoms with Crippen LogP contribution < -0.4 is 15.5 Å². The molecule has 0 saturated heterocycles. The minimum Gasteiger partial charge on any atom is -0.494 e. The van der Waals surface area contributed by atoms with Crippen LogP contribution in [0.15, 0.2) is 36.5 Å². The van der Waals surface area contributed by atoms with Gasteiger partial charge in [-0.25, -0.2) is 9.37 Å². The number of ether oxygens (including phenoxy) is 1. The first-order valence-electron chi connectivity index (χ1n) is 5.19. The van der Waals surface area contributed by atoms with E-state index >= 15 is 0 Å². The number of aromatic nitrogens is 1. The summed E-state index contributed by atoms with van der Waals surface area (Å²) in [5, 5.41) is 11.7. The molecule has 0 radical (unpaired) electrons. The van der Waals surface area contributed by atoms with Crippen LogP contribution >= 0.6 is 0 Å². The van der Waals surface area contributed by atoms with Crippen molar-refractivity contribution in [2.45, 2.75) is 0 Å². The minimum absolute atomic E-state index is 0.149. The summed E-state index contributed by atoms with van der Waals surface area (Å²) in [5.74, 6) is 0.237. The van der Waals surface area contributed by atoms with Crippen molar-refractivity contribution in [2.75, 3.05) is 17.9 Å². The van der Waals surface area contributed by atoms with Gasteiger partial charge in [0.1, 0.15) is 5.82 Å². The molecular weight excluding hydrogens is 237 g/mol. The summed E-state index contributed by atoms with van der Waals surface area (Å²) in [6.07, 6.45) is 1.53. The van der Waals surface area contributed by atoms with E-state index in [1.54, 1.807) is 18.2 Å². The van der Waals surface area contributed by atoms with Crippen molar-refractivity contribution in [3.8, 4) is 5.75 Å². The molecule has 0 amide bonds. The fourth-order valence-corrected chi connectivity index (χ4v) is 1.45. The molecule has 0 saturated carbocycles. The van der Waals surface area contributed by atoms with Gasteiger partial charge in [0.05, 0.1) is 12.8 Å². The van der Waals surface area contributed by atoms with Crippen LogP contribution in [0.25, 0.3) is 0 Å². The lowest BCUT2D eigenvalue weighted by Crippen LogP contribution is -1.97. The molecule has 2 rings (SSSR count). The quantitative estimate of drug-likeness (QED) is 0.727. The number of halogens is 1. The highest BCUT2D eigenvalue weighted by atomic mass is 19.1. The molecule has 3 N–H and O–H groups in total. The number of nitrogens with one attached hydrogen (secondary N) is 2. The zero-order valence-corrected chi connectivity index (χ0v) is 9.64. The number of pyridine rings is 1. The molecule has 6 heteroatoms. The zero-order valence-electron chi connectivity index (χ0n) is 9.64. The highest BCUT2D eigenvalue weighted by Crippen LogP contribution is 2.24. The fourth-order valence-electron chi connectivity index (χ4n) is 1.45. The summed E-state index contributed by atoms with van der Waals surface area (Å²) in [4.78, 5) is 4.06. The lowest BCUT2D eigenvalue weighted by Gasteiger charge is -2.09. The maximum atomic E-state index is 13.2. The standard InChI is InChI=1S/C12H12FN3O2/c1-18-11-6-8(2-3-10(11)13)15-12-7-9(16-17)4-5-14-12/h2-7,17H,1H3,(H2,14,15,16). The molecule has 0 aliphatic heterocycles. The van der Waals surface area contributed by atoms with Crippen molar-refractivity contribution in [3.63, 3.8) is 0 Å². The minimum atomic E-state index is -0.429. The monoisotopic (exact) mass is 249 g/mol. The van der Waals surface area contributed by atoms with Gasteiger partial charge in [-0.3, -0.25) is 10.7 Å². The molecular formula is C12H12FN3O2. The maximum absolute atomic E-state index is 13.2. The first-order valence-corrected chi connectivity index (χ1v) is 5.19. The van der Waals surface area contributed by atoms with Gasteiger partial charge in [0, 0.05) is 24.0 Å². The topological polar surface area (TPSA) is 66.4 Å². The zero-order chi connectivity index (χ0) is 13.0. The Balaban J connectivity index is 2.22. The summed E-state index contributed by atoms with van der Waals surface area (Å²) in [7, 11) is 1.40. The first-order chi connectivity index (χ1) is 8.72. The normalized spacial score (nSPS) is 9.94. The highest BCUT2D eigenvalue weighted by Gasteiger charge is 2.04. The second kappa shape index (κ2) is 5.33. The number of hydrogen-bond donors (Lipinski definition) is 3. The number of nitrogens with zero attached hydrogens (tertiary/aromatic N) is 1. The van der Waals surface area contributed by atoms with Gasteiger partial charge in [0.2, 0.25) is 0 Å². The van der Waals surface area contributed by atoms with Crippen molar-refractivity contribution in [1.29, 1.82) is 0 Å². The van der Waals surface area contributed by atoms with Gasteiger partial charge < -0.3 is 10.1 Å². The van der Waals surface area contributed by atoms with Gasteiger partial charge in [-0.2, -0.15) is 0 Å². The lowest BCUT2D eigenvalue weighted by molar-refractivity contribution is 0.387. The molecule has 0 spiro atoms. The molecule has 0 aliphatic carbocycles. The third-order valence-electron chi connectivity index (χ3n) is 2.31. The third kappa shape index (κ3) is 2.67. The highest BCUT2D eigenvalue weighted by molar-refractivity contribution is 5.61. The van der Waals surface area contributed by atoms with Gasteiger partial charge in [-0.15, -0.1) is 0 Å². The van der Waals surface area contributed by atoms with Crippen LogP contribution in [0.1, 0.15) is 0 Å². The van der Waals surface area contributed by atoms with Crippen molar-refractivity contribution in [3.05, 3.63) is 42.3 Å². The Hall–Kier alpha value is -2.34. The number of hydrogen-bond acceptors (Lipinski definition) is 5. The molecule has 1 aromatic carbocycles. The van der Waals surface area contributed by atoms with Crippen LogP contribution in [0, 0.1) is 5.82 Å². The van der Waals surface area contributed by atoms with Crippen LogP contribution in [0.5, 0.6) is 5.75 Å². The summed E-state index contributed by atoms with van der Waals surface area (Å²) < 4.78 is 18.1. The maximum Gasteiger partial charge on any atom is 0.165 e. The van der Waals surface area contributed by atoms with Gasteiger partial charge in [-0.1, -0.05) is 0 Å². The molecule has 1 aromatic heterocycles. The van der Waals surface area contributed by atoms with Gasteiger partial charge in [-0.05, 0) is 18.2 Å². The van der Waals surface area contributed by atoms with Gasteiger partial charge in [0.25, 0.3) is 0 Å². The van der Waals surface area contributed by atoms with E-state index in [4.69, 9.17) is 9.94 Å². The van der Waals surface area contributed by atoms with E-state index in [2.05, 4.69) is 10.3 Å². The average molecular weight is 249 g/mol. The molecule has 18 heavy (non-hydrogen) atoms. The summed E-state index contributed by atoms with van der Waals surface area (Å²) >= 11 is 0. The van der Waals surface area contributed by atoms with Crippen molar-refractivity contribution in [2.24, 2.45) is 0 Å². The number of benzene rings is 1. The first kappa shape index (κ1) is 12.1. The van der Waals surface area contributed by atoms with E-state index in [1.165, 1.54) is 25.4 Å². The Morgan fingerprint density at radius 3 is 2.78 bits per heavy atom. The van der Waals surface area contributed by atoms with Crippen molar-refractivity contribution >= 4 is 17.2 Å². The second-order valence-corrected chi connectivity index (χ2v) is 3.52. The lowest BCUT2D eigenvalue weighted by atomic mass is 10.3. The van der Waals surface area contributed by atoms with E-state index in [0.717, 1.165) is 0 Å². The van der Waals surface area contributed by atoms with Gasteiger partial charge >= 0.3 is 0 Å². The van der Waals surface area contributed by atoms with Crippen LogP contribution in [0.3, 0.4) is 0 Å². The molecule has 94 valence electrons. The Morgan fingerprint density at radius 2 is 2.06 bits per heavy atom. The van der Waals surface area contributed by atoms with Crippen LogP contribution in [-0.4, -0.2) is 17.3 Å². The fraction of sp³-hybridized carbons (Fsp3) is 0.0833. The largest absolute Gasteiger partial charge is 0.494 e. The molecule has 0 bridgehead atoms. The Labute approximate surface area is 103 Å². The van der Waals surface area contributed by atoms with E-state index in [-0.39, 0.29) is 5.75 Å². The Bertz CT molecular complexity index is 549.